The fraction of sp³-hybridized carbons (Fsp3) is 0.895. The van der Waals surface area contributed by atoms with Crippen molar-refractivity contribution in [2.45, 2.75) is 70.3 Å². The highest BCUT2D eigenvalue weighted by Crippen LogP contribution is 2.28. The quantitative estimate of drug-likeness (QED) is 0.839. The van der Waals surface area contributed by atoms with Crippen molar-refractivity contribution in [2.75, 3.05) is 26.2 Å². The molecule has 5 nitrogen and oxygen atoms in total. The van der Waals surface area contributed by atoms with Gasteiger partial charge >= 0.3 is 0 Å². The number of nitrogens with zero attached hydrogens (tertiary/aromatic N) is 1. The first kappa shape index (κ1) is 17.7. The van der Waals surface area contributed by atoms with E-state index in [2.05, 4.69) is 10.2 Å². The number of ether oxygens (including phenoxy) is 1. The van der Waals surface area contributed by atoms with E-state index in [4.69, 9.17) is 4.74 Å². The second kappa shape index (κ2) is 8.84. The Morgan fingerprint density at radius 2 is 1.71 bits per heavy atom. The largest absolute Gasteiger partial charge is 0.376 e. The third kappa shape index (κ3) is 4.95. The van der Waals surface area contributed by atoms with Gasteiger partial charge in [-0.15, -0.1) is 0 Å². The molecule has 0 aromatic heterocycles. The molecule has 2 heterocycles. The van der Waals surface area contributed by atoms with E-state index in [1.807, 2.05) is 0 Å². The van der Waals surface area contributed by atoms with Crippen LogP contribution in [0.4, 0.5) is 0 Å². The van der Waals surface area contributed by atoms with Gasteiger partial charge in [-0.3, -0.25) is 9.59 Å². The molecule has 0 spiro atoms. The SMILES string of the molecule is O=C(CC1CCN(C(=O)C2CCCCC2)CC1)NCC1CCCO1. The maximum atomic E-state index is 12.6. The number of carbonyl (C=O) groups is 2. The fourth-order valence-corrected chi connectivity index (χ4v) is 4.33. The molecular weight excluding hydrogens is 304 g/mol. The number of rotatable bonds is 5. The summed E-state index contributed by atoms with van der Waals surface area (Å²) in [5.41, 5.74) is 0. The molecule has 3 fully saturated rings. The van der Waals surface area contributed by atoms with Gasteiger partial charge in [0.1, 0.15) is 0 Å². The van der Waals surface area contributed by atoms with Crippen LogP contribution in [0.15, 0.2) is 0 Å². The van der Waals surface area contributed by atoms with Gasteiger partial charge in [0.2, 0.25) is 11.8 Å². The Bertz CT molecular complexity index is 420. The molecule has 5 heteroatoms. The van der Waals surface area contributed by atoms with Gasteiger partial charge in [0.05, 0.1) is 6.10 Å². The maximum absolute atomic E-state index is 12.6. The Balaban J connectivity index is 1.33. The highest BCUT2D eigenvalue weighted by Gasteiger charge is 2.29. The minimum atomic E-state index is 0.141. The zero-order chi connectivity index (χ0) is 16.8. The second-order valence-corrected chi connectivity index (χ2v) is 7.75. The molecule has 0 radical (unpaired) electrons. The van der Waals surface area contributed by atoms with E-state index >= 15 is 0 Å². The number of carbonyl (C=O) groups excluding carboxylic acids is 2. The first-order valence-corrected chi connectivity index (χ1v) is 9.89. The van der Waals surface area contributed by atoms with Gasteiger partial charge in [0.25, 0.3) is 0 Å². The van der Waals surface area contributed by atoms with Crippen LogP contribution in [-0.4, -0.2) is 49.1 Å². The van der Waals surface area contributed by atoms with Crippen molar-refractivity contribution in [1.82, 2.24) is 10.2 Å². The van der Waals surface area contributed by atoms with Crippen molar-refractivity contribution in [1.29, 1.82) is 0 Å². The minimum absolute atomic E-state index is 0.141. The van der Waals surface area contributed by atoms with Crippen LogP contribution in [-0.2, 0) is 14.3 Å². The molecule has 1 atom stereocenters. The van der Waals surface area contributed by atoms with Crippen molar-refractivity contribution in [3.05, 3.63) is 0 Å². The smallest absolute Gasteiger partial charge is 0.225 e. The summed E-state index contributed by atoms with van der Waals surface area (Å²) in [6, 6.07) is 0. The lowest BCUT2D eigenvalue weighted by Crippen LogP contribution is -2.43. The molecule has 2 saturated heterocycles. The van der Waals surface area contributed by atoms with Crippen molar-refractivity contribution in [3.63, 3.8) is 0 Å². The monoisotopic (exact) mass is 336 g/mol. The number of piperidine rings is 1. The third-order valence-corrected chi connectivity index (χ3v) is 5.91. The average Bonchev–Trinajstić information content (AvgIpc) is 3.14. The van der Waals surface area contributed by atoms with Crippen molar-refractivity contribution in [3.8, 4) is 0 Å². The molecule has 0 aromatic carbocycles. The molecule has 1 unspecified atom stereocenters. The fourth-order valence-electron chi connectivity index (χ4n) is 4.33. The van der Waals surface area contributed by atoms with E-state index in [1.54, 1.807) is 0 Å². The Morgan fingerprint density at radius 1 is 0.958 bits per heavy atom. The molecule has 2 amide bonds. The predicted molar refractivity (Wildman–Crippen MR) is 92.5 cm³/mol. The van der Waals surface area contributed by atoms with E-state index in [-0.39, 0.29) is 17.9 Å². The Labute approximate surface area is 145 Å². The second-order valence-electron chi connectivity index (χ2n) is 7.75. The van der Waals surface area contributed by atoms with Gasteiger partial charge in [0, 0.05) is 38.6 Å². The van der Waals surface area contributed by atoms with Crippen LogP contribution in [0, 0.1) is 11.8 Å². The van der Waals surface area contributed by atoms with Gasteiger partial charge in [-0.2, -0.15) is 0 Å². The molecule has 136 valence electrons. The van der Waals surface area contributed by atoms with Gasteiger partial charge in [-0.1, -0.05) is 19.3 Å². The molecule has 3 aliphatic rings. The topological polar surface area (TPSA) is 58.6 Å². The molecule has 0 bridgehead atoms. The van der Waals surface area contributed by atoms with Crippen molar-refractivity contribution < 1.29 is 14.3 Å². The Hall–Kier alpha value is -1.10. The van der Waals surface area contributed by atoms with Crippen LogP contribution in [0.1, 0.15) is 64.2 Å². The summed E-state index contributed by atoms with van der Waals surface area (Å²) in [6.07, 6.45) is 10.7. The van der Waals surface area contributed by atoms with Crippen molar-refractivity contribution in [2.24, 2.45) is 11.8 Å². The van der Waals surface area contributed by atoms with Gasteiger partial charge < -0.3 is 15.0 Å². The number of hydrogen-bond acceptors (Lipinski definition) is 3. The summed E-state index contributed by atoms with van der Waals surface area (Å²) < 4.78 is 5.53. The lowest BCUT2D eigenvalue weighted by Gasteiger charge is -2.35. The number of nitrogens with one attached hydrogen (secondary N) is 1. The zero-order valence-corrected chi connectivity index (χ0v) is 14.8. The maximum Gasteiger partial charge on any atom is 0.225 e. The summed E-state index contributed by atoms with van der Waals surface area (Å²) in [6.45, 7) is 3.14. The van der Waals surface area contributed by atoms with Crippen LogP contribution in [0.25, 0.3) is 0 Å². The normalized spacial score (nSPS) is 26.5. The Kier molecular flexibility index (Phi) is 6.52. The molecule has 2 aliphatic heterocycles. The van der Waals surface area contributed by atoms with Crippen LogP contribution in [0.5, 0.6) is 0 Å². The summed E-state index contributed by atoms with van der Waals surface area (Å²) in [4.78, 5) is 26.7. The molecule has 1 saturated carbocycles. The zero-order valence-electron chi connectivity index (χ0n) is 14.8. The summed E-state index contributed by atoms with van der Waals surface area (Å²) in [5.74, 6) is 1.20. The highest BCUT2D eigenvalue weighted by atomic mass is 16.5. The van der Waals surface area contributed by atoms with E-state index in [1.165, 1.54) is 19.3 Å². The van der Waals surface area contributed by atoms with Crippen LogP contribution < -0.4 is 5.32 Å². The molecule has 1 aliphatic carbocycles. The molecule has 3 rings (SSSR count). The molecule has 24 heavy (non-hydrogen) atoms. The van der Waals surface area contributed by atoms with Gasteiger partial charge in [-0.25, -0.2) is 0 Å². The average molecular weight is 336 g/mol. The van der Waals surface area contributed by atoms with E-state index < -0.39 is 0 Å². The summed E-state index contributed by atoms with van der Waals surface area (Å²) in [5, 5.41) is 3.01. The number of likely N-dealkylation sites (tertiary alicyclic amines) is 1. The molecular formula is C19H32N2O3. The molecule has 1 N–H and O–H groups in total. The lowest BCUT2D eigenvalue weighted by molar-refractivity contribution is -0.138. The van der Waals surface area contributed by atoms with Crippen molar-refractivity contribution >= 4 is 11.8 Å². The van der Waals surface area contributed by atoms with E-state index in [0.717, 1.165) is 58.2 Å². The van der Waals surface area contributed by atoms with Crippen LogP contribution in [0.2, 0.25) is 0 Å². The lowest BCUT2D eigenvalue weighted by atomic mass is 9.87. The Morgan fingerprint density at radius 3 is 2.38 bits per heavy atom. The first-order valence-electron chi connectivity index (χ1n) is 9.89. The third-order valence-electron chi connectivity index (χ3n) is 5.91. The predicted octanol–water partition coefficient (Wildman–Crippen LogP) is 2.49. The molecule has 0 aromatic rings. The number of amides is 2. The van der Waals surface area contributed by atoms with E-state index in [0.29, 0.717) is 24.8 Å². The first-order chi connectivity index (χ1) is 11.7. The van der Waals surface area contributed by atoms with Crippen LogP contribution in [0.3, 0.4) is 0 Å². The van der Waals surface area contributed by atoms with Gasteiger partial charge in [0.15, 0.2) is 0 Å². The number of hydrogen-bond donors (Lipinski definition) is 1. The minimum Gasteiger partial charge on any atom is -0.376 e. The summed E-state index contributed by atoms with van der Waals surface area (Å²) in [7, 11) is 0. The van der Waals surface area contributed by atoms with Gasteiger partial charge in [-0.05, 0) is 44.4 Å². The summed E-state index contributed by atoms with van der Waals surface area (Å²) >= 11 is 0. The van der Waals surface area contributed by atoms with Crippen LogP contribution >= 0.6 is 0 Å². The van der Waals surface area contributed by atoms with E-state index in [9.17, 15) is 9.59 Å². The highest BCUT2D eigenvalue weighted by molar-refractivity contribution is 5.79. The standard InChI is InChI=1S/C19H32N2O3/c22-18(20-14-17-7-4-12-24-17)13-15-8-10-21(11-9-15)19(23)16-5-2-1-3-6-16/h15-17H,1-14H2,(H,20,22).